The first-order valence-electron chi connectivity index (χ1n) is 10.5. The van der Waals surface area contributed by atoms with Crippen LogP contribution in [0.4, 0.5) is 0 Å². The van der Waals surface area contributed by atoms with E-state index in [1.165, 1.54) is 0 Å². The van der Waals surface area contributed by atoms with Gasteiger partial charge in [-0.05, 0) is 48.4 Å². The van der Waals surface area contributed by atoms with Gasteiger partial charge in [0.15, 0.2) is 23.0 Å². The summed E-state index contributed by atoms with van der Waals surface area (Å²) in [5.74, 6) is 2.35. The molecule has 3 aromatic rings. The van der Waals surface area contributed by atoms with Crippen LogP contribution in [0.3, 0.4) is 0 Å². The molecular weight excluding hydrogens is 422 g/mol. The Kier molecular flexibility index (Phi) is 8.02. The van der Waals surface area contributed by atoms with Crippen LogP contribution in [0.1, 0.15) is 34.5 Å². The fourth-order valence-electron chi connectivity index (χ4n) is 3.38. The van der Waals surface area contributed by atoms with Crippen LogP contribution in [-0.2, 0) is 6.61 Å². The fourth-order valence-corrected chi connectivity index (χ4v) is 3.38. The summed E-state index contributed by atoms with van der Waals surface area (Å²) in [4.78, 5) is 12.9. The molecule has 0 aliphatic carbocycles. The topological polar surface area (TPSA) is 75.3 Å². The van der Waals surface area contributed by atoms with Gasteiger partial charge in [-0.2, -0.15) is 0 Å². The molecule has 1 unspecified atom stereocenters. The Morgan fingerprint density at radius 3 is 2.00 bits per heavy atom. The Bertz CT molecular complexity index is 1060. The van der Waals surface area contributed by atoms with Crippen molar-refractivity contribution in [2.45, 2.75) is 19.6 Å². The van der Waals surface area contributed by atoms with Crippen molar-refractivity contribution < 1.29 is 28.5 Å². The Balaban J connectivity index is 1.74. The van der Waals surface area contributed by atoms with E-state index in [1.54, 1.807) is 46.6 Å². The SMILES string of the molecule is COc1cc(C(=O)NC(C)c2cc(OC)c(OC)c(OC)c2)ccc1OCc1ccccc1. The van der Waals surface area contributed by atoms with Gasteiger partial charge in [-0.25, -0.2) is 0 Å². The van der Waals surface area contributed by atoms with Crippen LogP contribution in [0.5, 0.6) is 28.7 Å². The monoisotopic (exact) mass is 451 g/mol. The summed E-state index contributed by atoms with van der Waals surface area (Å²) in [6.07, 6.45) is 0. The van der Waals surface area contributed by atoms with E-state index in [2.05, 4.69) is 5.32 Å². The lowest BCUT2D eigenvalue weighted by Gasteiger charge is -2.19. The Morgan fingerprint density at radius 1 is 0.788 bits per heavy atom. The van der Waals surface area contributed by atoms with Crippen LogP contribution >= 0.6 is 0 Å². The summed E-state index contributed by atoms with van der Waals surface area (Å²) in [6, 6.07) is 18.3. The van der Waals surface area contributed by atoms with Gasteiger partial charge in [0, 0.05) is 5.56 Å². The van der Waals surface area contributed by atoms with Gasteiger partial charge in [0.05, 0.1) is 34.5 Å². The lowest BCUT2D eigenvalue weighted by atomic mass is 10.1. The van der Waals surface area contributed by atoms with Crippen LogP contribution in [0.25, 0.3) is 0 Å². The van der Waals surface area contributed by atoms with E-state index in [0.29, 0.717) is 40.9 Å². The van der Waals surface area contributed by atoms with Crippen LogP contribution in [-0.4, -0.2) is 34.3 Å². The van der Waals surface area contributed by atoms with Gasteiger partial charge in [0.1, 0.15) is 6.61 Å². The van der Waals surface area contributed by atoms with Crippen molar-refractivity contribution in [3.63, 3.8) is 0 Å². The minimum Gasteiger partial charge on any atom is -0.493 e. The van der Waals surface area contributed by atoms with Crippen molar-refractivity contribution >= 4 is 5.91 Å². The summed E-state index contributed by atoms with van der Waals surface area (Å²) in [5.41, 5.74) is 2.31. The molecule has 0 aliphatic rings. The number of methoxy groups -OCH3 is 4. The van der Waals surface area contributed by atoms with Gasteiger partial charge < -0.3 is 29.0 Å². The van der Waals surface area contributed by atoms with Gasteiger partial charge in [0.2, 0.25) is 5.75 Å². The molecule has 174 valence electrons. The van der Waals surface area contributed by atoms with Crippen LogP contribution in [0, 0.1) is 0 Å². The Morgan fingerprint density at radius 2 is 1.42 bits per heavy atom. The van der Waals surface area contributed by atoms with Crippen LogP contribution in [0.2, 0.25) is 0 Å². The van der Waals surface area contributed by atoms with Gasteiger partial charge in [-0.3, -0.25) is 4.79 Å². The number of amides is 1. The Hall–Kier alpha value is -3.87. The standard InChI is InChI=1S/C26H29NO6/c1-17(20-14-23(30-3)25(32-5)24(15-20)31-4)27-26(28)19-11-12-21(22(13-19)29-2)33-16-18-9-7-6-8-10-18/h6-15,17H,16H2,1-5H3,(H,27,28). The zero-order chi connectivity index (χ0) is 23.8. The van der Waals surface area contributed by atoms with E-state index in [9.17, 15) is 4.79 Å². The summed E-state index contributed by atoms with van der Waals surface area (Å²) in [7, 11) is 6.20. The molecule has 0 aromatic heterocycles. The summed E-state index contributed by atoms with van der Waals surface area (Å²) in [5, 5.41) is 2.99. The molecule has 0 saturated carbocycles. The number of hydrogen-bond donors (Lipinski definition) is 1. The molecule has 3 aromatic carbocycles. The minimum atomic E-state index is -0.314. The van der Waals surface area contributed by atoms with Gasteiger partial charge in [-0.15, -0.1) is 0 Å². The normalized spacial score (nSPS) is 11.3. The van der Waals surface area contributed by atoms with Gasteiger partial charge >= 0.3 is 0 Å². The van der Waals surface area contributed by atoms with Gasteiger partial charge in [-0.1, -0.05) is 30.3 Å². The zero-order valence-corrected chi connectivity index (χ0v) is 19.5. The maximum absolute atomic E-state index is 12.9. The first kappa shape index (κ1) is 23.8. The van der Waals surface area contributed by atoms with Crippen LogP contribution < -0.4 is 29.0 Å². The third-order valence-corrected chi connectivity index (χ3v) is 5.20. The first-order chi connectivity index (χ1) is 16.0. The van der Waals surface area contributed by atoms with E-state index in [4.69, 9.17) is 23.7 Å². The average molecular weight is 452 g/mol. The van der Waals surface area contributed by atoms with Crippen molar-refractivity contribution in [2.24, 2.45) is 0 Å². The zero-order valence-electron chi connectivity index (χ0n) is 19.5. The number of rotatable bonds is 10. The predicted molar refractivity (Wildman–Crippen MR) is 126 cm³/mol. The highest BCUT2D eigenvalue weighted by Gasteiger charge is 2.19. The molecule has 1 amide bonds. The number of carbonyl (C=O) groups is 1. The predicted octanol–water partition coefficient (Wildman–Crippen LogP) is 4.79. The number of carbonyl (C=O) groups excluding carboxylic acids is 1. The number of nitrogens with one attached hydrogen (secondary N) is 1. The first-order valence-corrected chi connectivity index (χ1v) is 10.5. The largest absolute Gasteiger partial charge is 0.493 e. The van der Waals surface area contributed by atoms with Crippen molar-refractivity contribution in [1.29, 1.82) is 0 Å². The Labute approximate surface area is 194 Å². The molecule has 7 heteroatoms. The van der Waals surface area contributed by atoms with Gasteiger partial charge in [0.25, 0.3) is 5.91 Å². The maximum Gasteiger partial charge on any atom is 0.251 e. The molecule has 0 spiro atoms. The molecule has 0 fully saturated rings. The molecule has 33 heavy (non-hydrogen) atoms. The van der Waals surface area contributed by atoms with E-state index in [0.717, 1.165) is 11.1 Å². The lowest BCUT2D eigenvalue weighted by molar-refractivity contribution is 0.0939. The molecule has 7 nitrogen and oxygen atoms in total. The van der Waals surface area contributed by atoms with Crippen molar-refractivity contribution in [3.8, 4) is 28.7 Å². The highest BCUT2D eigenvalue weighted by Crippen LogP contribution is 2.39. The maximum atomic E-state index is 12.9. The molecule has 0 heterocycles. The smallest absolute Gasteiger partial charge is 0.251 e. The summed E-state index contributed by atoms with van der Waals surface area (Å²) in [6.45, 7) is 2.29. The molecule has 0 bridgehead atoms. The molecule has 0 radical (unpaired) electrons. The van der Waals surface area contributed by atoms with E-state index in [1.807, 2.05) is 49.4 Å². The van der Waals surface area contributed by atoms with E-state index < -0.39 is 0 Å². The highest BCUT2D eigenvalue weighted by atomic mass is 16.5. The minimum absolute atomic E-state index is 0.246. The molecule has 1 N–H and O–H groups in total. The van der Waals surface area contributed by atoms with Crippen molar-refractivity contribution in [3.05, 3.63) is 77.4 Å². The number of ether oxygens (including phenoxy) is 5. The number of hydrogen-bond acceptors (Lipinski definition) is 6. The molecule has 0 saturated heterocycles. The third kappa shape index (κ3) is 5.68. The summed E-state index contributed by atoms with van der Waals surface area (Å²) < 4.78 is 27.5. The highest BCUT2D eigenvalue weighted by molar-refractivity contribution is 5.95. The second kappa shape index (κ2) is 11.1. The van der Waals surface area contributed by atoms with Crippen molar-refractivity contribution in [2.75, 3.05) is 28.4 Å². The van der Waals surface area contributed by atoms with Crippen molar-refractivity contribution in [1.82, 2.24) is 5.32 Å². The molecular formula is C26H29NO6. The number of benzene rings is 3. The lowest BCUT2D eigenvalue weighted by Crippen LogP contribution is -2.26. The quantitative estimate of drug-likeness (QED) is 0.478. The van der Waals surface area contributed by atoms with Crippen LogP contribution in [0.15, 0.2) is 60.7 Å². The third-order valence-electron chi connectivity index (χ3n) is 5.20. The van der Waals surface area contributed by atoms with E-state index in [-0.39, 0.29) is 11.9 Å². The summed E-state index contributed by atoms with van der Waals surface area (Å²) >= 11 is 0. The second-order valence-electron chi connectivity index (χ2n) is 7.29. The average Bonchev–Trinajstić information content (AvgIpc) is 2.86. The van der Waals surface area contributed by atoms with E-state index >= 15 is 0 Å². The fraction of sp³-hybridized carbons (Fsp3) is 0.269. The molecule has 1 atom stereocenters. The second-order valence-corrected chi connectivity index (χ2v) is 7.29. The molecule has 0 aliphatic heterocycles. The molecule has 3 rings (SSSR count).